The fraction of sp³-hybridized carbons (Fsp3) is 0.385. The van der Waals surface area contributed by atoms with Crippen molar-refractivity contribution in [3.63, 3.8) is 0 Å². The molecule has 0 aliphatic rings. The molecule has 0 spiro atoms. The van der Waals surface area contributed by atoms with E-state index in [1.165, 1.54) is 12.5 Å². The van der Waals surface area contributed by atoms with Gasteiger partial charge in [-0.1, -0.05) is 30.3 Å². The molecule has 0 atom stereocenters. The van der Waals surface area contributed by atoms with Crippen LogP contribution in [-0.2, 0) is 11.2 Å². The molecule has 17 heavy (non-hydrogen) atoms. The summed E-state index contributed by atoms with van der Waals surface area (Å²) in [5, 5.41) is 12.3. The van der Waals surface area contributed by atoms with Crippen LogP contribution in [0.5, 0.6) is 0 Å². The molecule has 0 radical (unpaired) electrons. The second-order valence-corrected chi connectivity index (χ2v) is 3.85. The Morgan fingerprint density at radius 3 is 2.65 bits per heavy atom. The van der Waals surface area contributed by atoms with E-state index in [-0.39, 0.29) is 5.71 Å². The second-order valence-electron chi connectivity index (χ2n) is 3.85. The van der Waals surface area contributed by atoms with Crippen LogP contribution in [0.1, 0.15) is 25.3 Å². The van der Waals surface area contributed by atoms with E-state index in [4.69, 9.17) is 5.11 Å². The van der Waals surface area contributed by atoms with E-state index in [1.807, 2.05) is 18.2 Å². The first-order chi connectivity index (χ1) is 8.20. The molecule has 0 unspecified atom stereocenters. The van der Waals surface area contributed by atoms with E-state index in [0.717, 1.165) is 19.3 Å². The molecule has 2 N–H and O–H groups in total. The third kappa shape index (κ3) is 5.70. The maximum atomic E-state index is 10.4. The van der Waals surface area contributed by atoms with Crippen LogP contribution in [0.15, 0.2) is 35.4 Å². The Labute approximate surface area is 101 Å². The molecule has 0 aliphatic heterocycles. The third-order valence-corrected chi connectivity index (χ3v) is 2.40. The van der Waals surface area contributed by atoms with E-state index in [0.29, 0.717) is 6.54 Å². The molecule has 0 fully saturated rings. The molecular formula is C13H18N2O2. The number of hydrazone groups is 1. The number of aliphatic carboxylic acids is 1. The smallest absolute Gasteiger partial charge is 0.351 e. The Kier molecular flexibility index (Phi) is 5.79. The molecule has 0 amide bonds. The van der Waals surface area contributed by atoms with Crippen molar-refractivity contribution in [3.05, 3.63) is 35.9 Å². The number of aryl methyl sites for hydroxylation is 1. The summed E-state index contributed by atoms with van der Waals surface area (Å²) in [6, 6.07) is 10.3. The van der Waals surface area contributed by atoms with E-state index in [1.54, 1.807) is 0 Å². The van der Waals surface area contributed by atoms with Gasteiger partial charge in [0, 0.05) is 6.54 Å². The maximum absolute atomic E-state index is 10.4. The normalized spacial score (nSPS) is 11.2. The fourth-order valence-electron chi connectivity index (χ4n) is 1.40. The summed E-state index contributed by atoms with van der Waals surface area (Å²) < 4.78 is 0. The average molecular weight is 234 g/mol. The molecule has 1 rings (SSSR count). The zero-order valence-electron chi connectivity index (χ0n) is 10.0. The van der Waals surface area contributed by atoms with Crippen LogP contribution < -0.4 is 5.43 Å². The SMILES string of the molecule is C/C(=N/NCCCCc1ccccc1)C(=O)O. The summed E-state index contributed by atoms with van der Waals surface area (Å²) in [7, 11) is 0. The lowest BCUT2D eigenvalue weighted by molar-refractivity contribution is -0.129. The average Bonchev–Trinajstić information content (AvgIpc) is 2.34. The summed E-state index contributed by atoms with van der Waals surface area (Å²) in [5.41, 5.74) is 4.18. The highest BCUT2D eigenvalue weighted by atomic mass is 16.4. The van der Waals surface area contributed by atoms with Gasteiger partial charge in [-0.25, -0.2) is 4.79 Å². The van der Waals surface area contributed by atoms with Gasteiger partial charge in [-0.05, 0) is 31.7 Å². The van der Waals surface area contributed by atoms with Crippen molar-refractivity contribution in [2.75, 3.05) is 6.54 Å². The van der Waals surface area contributed by atoms with Crippen molar-refractivity contribution in [2.45, 2.75) is 26.2 Å². The van der Waals surface area contributed by atoms with Crippen LogP contribution in [0.3, 0.4) is 0 Å². The minimum atomic E-state index is -0.984. The number of nitrogens with zero attached hydrogens (tertiary/aromatic N) is 1. The molecule has 4 heteroatoms. The van der Waals surface area contributed by atoms with Crippen molar-refractivity contribution in [1.29, 1.82) is 0 Å². The van der Waals surface area contributed by atoms with Crippen LogP contribution in [0.25, 0.3) is 0 Å². The van der Waals surface area contributed by atoms with Gasteiger partial charge in [0.1, 0.15) is 5.71 Å². The van der Waals surface area contributed by atoms with Gasteiger partial charge < -0.3 is 10.5 Å². The van der Waals surface area contributed by atoms with Gasteiger partial charge in [0.2, 0.25) is 0 Å². The number of rotatable bonds is 7. The second kappa shape index (κ2) is 7.44. The van der Waals surface area contributed by atoms with Crippen molar-refractivity contribution < 1.29 is 9.90 Å². The van der Waals surface area contributed by atoms with Gasteiger partial charge in [-0.3, -0.25) is 0 Å². The lowest BCUT2D eigenvalue weighted by Gasteiger charge is -2.02. The van der Waals surface area contributed by atoms with Crippen LogP contribution in [0, 0.1) is 0 Å². The van der Waals surface area contributed by atoms with Gasteiger partial charge in [0.25, 0.3) is 0 Å². The molecule has 1 aromatic rings. The molecule has 4 nitrogen and oxygen atoms in total. The lowest BCUT2D eigenvalue weighted by Crippen LogP contribution is -2.16. The first-order valence-corrected chi connectivity index (χ1v) is 5.74. The van der Waals surface area contributed by atoms with E-state index in [9.17, 15) is 4.79 Å². The summed E-state index contributed by atoms with van der Waals surface area (Å²) in [5.74, 6) is -0.984. The number of hydrogen-bond acceptors (Lipinski definition) is 3. The number of nitrogens with one attached hydrogen (secondary N) is 1. The number of carbonyl (C=O) groups is 1. The Hall–Kier alpha value is -1.84. The summed E-state index contributed by atoms with van der Waals surface area (Å²) in [4.78, 5) is 10.4. The summed E-state index contributed by atoms with van der Waals surface area (Å²) in [6.07, 6.45) is 3.09. The van der Waals surface area contributed by atoms with Gasteiger partial charge >= 0.3 is 5.97 Å². The van der Waals surface area contributed by atoms with Gasteiger partial charge in [-0.15, -0.1) is 0 Å². The van der Waals surface area contributed by atoms with E-state index < -0.39 is 5.97 Å². The van der Waals surface area contributed by atoms with E-state index >= 15 is 0 Å². The maximum Gasteiger partial charge on any atom is 0.351 e. The van der Waals surface area contributed by atoms with Crippen molar-refractivity contribution in [2.24, 2.45) is 5.10 Å². The lowest BCUT2D eigenvalue weighted by atomic mass is 10.1. The summed E-state index contributed by atoms with van der Waals surface area (Å²) >= 11 is 0. The molecule has 0 heterocycles. The largest absolute Gasteiger partial charge is 0.477 e. The number of unbranched alkanes of at least 4 members (excludes halogenated alkanes) is 1. The van der Waals surface area contributed by atoms with Gasteiger partial charge in [-0.2, -0.15) is 5.10 Å². The van der Waals surface area contributed by atoms with Crippen molar-refractivity contribution in [1.82, 2.24) is 5.43 Å². The Morgan fingerprint density at radius 2 is 2.00 bits per heavy atom. The quantitative estimate of drug-likeness (QED) is 0.431. The Balaban J connectivity index is 2.10. The molecule has 0 saturated heterocycles. The third-order valence-electron chi connectivity index (χ3n) is 2.40. The van der Waals surface area contributed by atoms with Gasteiger partial charge in [0.15, 0.2) is 0 Å². The van der Waals surface area contributed by atoms with Gasteiger partial charge in [0.05, 0.1) is 0 Å². The van der Waals surface area contributed by atoms with Crippen LogP contribution >= 0.6 is 0 Å². The molecular weight excluding hydrogens is 216 g/mol. The number of hydrogen-bond donors (Lipinski definition) is 2. The van der Waals surface area contributed by atoms with Crippen molar-refractivity contribution in [3.8, 4) is 0 Å². The van der Waals surface area contributed by atoms with Crippen LogP contribution in [-0.4, -0.2) is 23.3 Å². The minimum absolute atomic E-state index is 0.0908. The number of carboxylic acid groups (broad SMARTS) is 1. The van der Waals surface area contributed by atoms with Crippen LogP contribution in [0.4, 0.5) is 0 Å². The molecule has 0 aliphatic carbocycles. The summed E-state index contributed by atoms with van der Waals surface area (Å²) in [6.45, 7) is 2.18. The Bertz CT molecular complexity index is 374. The minimum Gasteiger partial charge on any atom is -0.477 e. The predicted molar refractivity (Wildman–Crippen MR) is 68.1 cm³/mol. The topological polar surface area (TPSA) is 61.7 Å². The first-order valence-electron chi connectivity index (χ1n) is 5.74. The molecule has 1 aromatic carbocycles. The van der Waals surface area contributed by atoms with Crippen molar-refractivity contribution >= 4 is 11.7 Å². The van der Waals surface area contributed by atoms with E-state index in [2.05, 4.69) is 22.7 Å². The number of benzene rings is 1. The zero-order valence-corrected chi connectivity index (χ0v) is 10.0. The molecule has 0 saturated carbocycles. The molecule has 0 aromatic heterocycles. The molecule has 0 bridgehead atoms. The van der Waals surface area contributed by atoms with Crippen LogP contribution in [0.2, 0.25) is 0 Å². The highest BCUT2D eigenvalue weighted by Gasteiger charge is 1.99. The highest BCUT2D eigenvalue weighted by molar-refractivity contribution is 6.34. The predicted octanol–water partition coefficient (Wildman–Crippen LogP) is 2.06. The molecule has 92 valence electrons. The zero-order chi connectivity index (χ0) is 12.5. The standard InChI is InChI=1S/C13H18N2O2/c1-11(13(16)17)15-14-10-6-5-9-12-7-3-2-4-8-12/h2-4,7-8,14H,5-6,9-10H2,1H3,(H,16,17)/b15-11-. The fourth-order valence-corrected chi connectivity index (χ4v) is 1.40. The number of carboxylic acids is 1. The first kappa shape index (κ1) is 13.2. The monoisotopic (exact) mass is 234 g/mol. The Morgan fingerprint density at radius 1 is 1.29 bits per heavy atom. The highest BCUT2D eigenvalue weighted by Crippen LogP contribution is 2.03.